The van der Waals surface area contributed by atoms with Crippen molar-refractivity contribution in [3.05, 3.63) is 71.8 Å². The smallest absolute Gasteiger partial charge is 0.308 e. The molecule has 1 N–H and O–H groups in total. The van der Waals surface area contributed by atoms with Gasteiger partial charge >= 0.3 is 5.97 Å². The second kappa shape index (κ2) is 15.1. The Labute approximate surface area is 246 Å². The summed E-state index contributed by atoms with van der Waals surface area (Å²) in [4.78, 5) is 12.2. The van der Waals surface area contributed by atoms with Crippen LogP contribution in [0.25, 0.3) is 0 Å². The number of ether oxygens (including phenoxy) is 4. The molecule has 224 valence electrons. The molecule has 1 aliphatic heterocycles. The van der Waals surface area contributed by atoms with Crippen molar-refractivity contribution in [3.8, 4) is 11.8 Å². The van der Waals surface area contributed by atoms with Crippen LogP contribution in [0.2, 0.25) is 18.1 Å². The highest BCUT2D eigenvalue weighted by Gasteiger charge is 2.44. The molecule has 1 unspecified atom stereocenters. The molecule has 0 radical (unpaired) electrons. The Morgan fingerprint density at radius 3 is 2.10 bits per heavy atom. The van der Waals surface area contributed by atoms with Crippen molar-refractivity contribution in [1.29, 1.82) is 0 Å². The first-order chi connectivity index (χ1) is 19.4. The highest BCUT2D eigenvalue weighted by molar-refractivity contribution is 6.74. The molecule has 0 aromatic heterocycles. The van der Waals surface area contributed by atoms with E-state index in [-0.39, 0.29) is 17.6 Å². The molecule has 8 heteroatoms. The minimum atomic E-state index is -2.04. The van der Waals surface area contributed by atoms with E-state index in [9.17, 15) is 9.90 Å². The number of carbonyl (C=O) groups is 1. The highest BCUT2D eigenvalue weighted by Crippen LogP contribution is 2.37. The molecule has 41 heavy (non-hydrogen) atoms. The van der Waals surface area contributed by atoms with Crippen LogP contribution in [-0.2, 0) is 41.4 Å². The number of hydrogen-bond donors (Lipinski definition) is 1. The normalized spacial score (nSPS) is 22.7. The Morgan fingerprint density at radius 1 is 1.00 bits per heavy atom. The largest absolute Gasteiger partial charge is 0.469 e. The van der Waals surface area contributed by atoms with Crippen LogP contribution >= 0.6 is 0 Å². The monoisotopic (exact) mass is 582 g/mol. The lowest BCUT2D eigenvalue weighted by Gasteiger charge is -2.42. The van der Waals surface area contributed by atoms with Gasteiger partial charge in [-0.1, -0.05) is 93.3 Å². The molecule has 2 aromatic carbocycles. The lowest BCUT2D eigenvalue weighted by Crippen LogP contribution is -2.55. The number of methoxy groups -OCH3 is 1. The van der Waals surface area contributed by atoms with E-state index in [1.807, 2.05) is 67.6 Å². The maximum Gasteiger partial charge on any atom is 0.308 e. The minimum Gasteiger partial charge on any atom is -0.469 e. The first-order valence-corrected chi connectivity index (χ1v) is 17.2. The van der Waals surface area contributed by atoms with E-state index in [2.05, 4.69) is 45.7 Å². The second-order valence-electron chi connectivity index (χ2n) is 12.1. The Bertz CT molecular complexity index is 1140. The molecular formula is C33H46O7Si. The molecule has 0 spiro atoms. The van der Waals surface area contributed by atoms with E-state index in [1.165, 1.54) is 7.11 Å². The maximum atomic E-state index is 12.2. The third-order valence-electron chi connectivity index (χ3n) is 7.77. The molecule has 0 saturated carbocycles. The van der Waals surface area contributed by atoms with E-state index < -0.39 is 44.8 Å². The lowest BCUT2D eigenvalue weighted by molar-refractivity contribution is -0.225. The average molecular weight is 583 g/mol. The van der Waals surface area contributed by atoms with Crippen molar-refractivity contribution >= 4 is 14.3 Å². The zero-order valence-electron chi connectivity index (χ0n) is 25.5. The lowest BCUT2D eigenvalue weighted by atomic mass is 9.92. The van der Waals surface area contributed by atoms with Crippen molar-refractivity contribution < 1.29 is 33.3 Å². The van der Waals surface area contributed by atoms with Gasteiger partial charge in [0, 0.05) is 6.42 Å². The van der Waals surface area contributed by atoms with Gasteiger partial charge in [-0.05, 0) is 36.2 Å². The molecule has 2 aromatic rings. The summed E-state index contributed by atoms with van der Waals surface area (Å²) in [5.74, 6) is 5.66. The number of esters is 1. The Kier molecular flexibility index (Phi) is 12.2. The fraction of sp³-hybridized carbons (Fsp3) is 0.545. The van der Waals surface area contributed by atoms with Gasteiger partial charge in [0.25, 0.3) is 0 Å². The van der Waals surface area contributed by atoms with Gasteiger partial charge in [-0.2, -0.15) is 0 Å². The molecule has 1 aliphatic rings. The molecule has 1 saturated heterocycles. The van der Waals surface area contributed by atoms with Crippen molar-refractivity contribution in [3.63, 3.8) is 0 Å². The first-order valence-electron chi connectivity index (χ1n) is 14.3. The highest BCUT2D eigenvalue weighted by atomic mass is 28.4. The summed E-state index contributed by atoms with van der Waals surface area (Å²) in [6.07, 6.45) is -3.58. The van der Waals surface area contributed by atoms with Crippen molar-refractivity contribution in [1.82, 2.24) is 0 Å². The summed E-state index contributed by atoms with van der Waals surface area (Å²) in [6.45, 7) is 13.4. The number of aliphatic hydroxyl groups is 1. The molecule has 0 amide bonds. The topological polar surface area (TPSA) is 83.5 Å². The van der Waals surface area contributed by atoms with Gasteiger partial charge in [0.05, 0.1) is 39.0 Å². The SMILES string of the molecule is COC(=O)C[C@@H]1C[C@H](OCc2ccccc2)[C@@H](OCc2ccccc2)[C@H](C(O)C#C[C@@H](C)O[Si](C)(C)C(C)(C)C)O1. The number of benzene rings is 2. The summed E-state index contributed by atoms with van der Waals surface area (Å²) in [7, 11) is -0.693. The molecule has 1 heterocycles. The number of aliphatic hydroxyl groups excluding tert-OH is 1. The van der Waals surface area contributed by atoms with E-state index in [0.717, 1.165) is 11.1 Å². The molecule has 0 aliphatic carbocycles. The van der Waals surface area contributed by atoms with Crippen molar-refractivity contribution in [2.75, 3.05) is 7.11 Å². The van der Waals surface area contributed by atoms with Gasteiger partial charge in [0.15, 0.2) is 8.32 Å². The second-order valence-corrected chi connectivity index (χ2v) is 16.8. The number of rotatable bonds is 11. The summed E-state index contributed by atoms with van der Waals surface area (Å²) in [5.41, 5.74) is 2.00. The zero-order valence-corrected chi connectivity index (χ0v) is 26.5. The van der Waals surface area contributed by atoms with Gasteiger partial charge in [0.1, 0.15) is 24.4 Å². The third kappa shape index (κ3) is 10.1. The summed E-state index contributed by atoms with van der Waals surface area (Å²) in [5, 5.41) is 11.4. The van der Waals surface area contributed by atoms with Crippen LogP contribution in [-0.4, -0.2) is 63.1 Å². The third-order valence-corrected chi connectivity index (χ3v) is 12.3. The summed E-state index contributed by atoms with van der Waals surface area (Å²) >= 11 is 0. The van der Waals surface area contributed by atoms with Crippen LogP contribution in [0.3, 0.4) is 0 Å². The van der Waals surface area contributed by atoms with Gasteiger partial charge in [-0.3, -0.25) is 4.79 Å². The quantitative estimate of drug-likeness (QED) is 0.208. The molecule has 7 nitrogen and oxygen atoms in total. The van der Waals surface area contributed by atoms with Gasteiger partial charge < -0.3 is 28.5 Å². The number of carbonyl (C=O) groups excluding carboxylic acids is 1. The van der Waals surface area contributed by atoms with Gasteiger partial charge in [0.2, 0.25) is 0 Å². The van der Waals surface area contributed by atoms with Gasteiger partial charge in [-0.15, -0.1) is 0 Å². The van der Waals surface area contributed by atoms with Crippen molar-refractivity contribution in [2.45, 2.75) is 109 Å². The summed E-state index contributed by atoms with van der Waals surface area (Å²) in [6, 6.07) is 19.7. The standard InChI is InChI=1S/C33H46O7Si/c1-24(40-41(6,7)33(2,3)4)18-19-28(34)31-32(38-23-26-16-12-9-13-17-26)29(20-27(39-31)21-30(35)36-5)37-22-25-14-10-8-11-15-25/h8-17,24,27-29,31-32,34H,20-23H2,1-7H3/t24-,27+,28?,29+,31+,32-/m1/s1. The van der Waals surface area contributed by atoms with Gasteiger partial charge in [-0.25, -0.2) is 0 Å². The van der Waals surface area contributed by atoms with E-state index in [4.69, 9.17) is 23.4 Å². The Balaban J connectivity index is 1.86. The van der Waals surface area contributed by atoms with Crippen LogP contribution in [0.4, 0.5) is 0 Å². The van der Waals surface area contributed by atoms with Crippen LogP contribution in [0, 0.1) is 11.8 Å². The van der Waals surface area contributed by atoms with Crippen molar-refractivity contribution in [2.24, 2.45) is 0 Å². The average Bonchev–Trinajstić information content (AvgIpc) is 2.94. The molecule has 1 fully saturated rings. The predicted octanol–water partition coefficient (Wildman–Crippen LogP) is 5.65. The minimum absolute atomic E-state index is 0.0363. The number of hydrogen-bond acceptors (Lipinski definition) is 7. The van der Waals surface area contributed by atoms with Crippen LogP contribution in [0.1, 0.15) is 51.7 Å². The molecule has 0 bridgehead atoms. The van der Waals surface area contributed by atoms with Crippen LogP contribution in [0.5, 0.6) is 0 Å². The Hall–Kier alpha value is -2.51. The predicted molar refractivity (Wildman–Crippen MR) is 161 cm³/mol. The first kappa shape index (κ1) is 33.0. The summed E-state index contributed by atoms with van der Waals surface area (Å²) < 4.78 is 30.4. The van der Waals surface area contributed by atoms with E-state index in [1.54, 1.807) is 0 Å². The van der Waals surface area contributed by atoms with Crippen LogP contribution in [0.15, 0.2) is 60.7 Å². The molecule has 6 atom stereocenters. The van der Waals surface area contributed by atoms with E-state index >= 15 is 0 Å². The fourth-order valence-electron chi connectivity index (χ4n) is 4.46. The fourth-order valence-corrected chi connectivity index (χ4v) is 5.75. The zero-order chi connectivity index (χ0) is 30.0. The van der Waals surface area contributed by atoms with Crippen LogP contribution < -0.4 is 0 Å². The maximum absolute atomic E-state index is 12.2. The molecule has 3 rings (SSSR count). The molecular weight excluding hydrogens is 536 g/mol. The van der Waals surface area contributed by atoms with E-state index in [0.29, 0.717) is 19.6 Å². The Morgan fingerprint density at radius 2 is 1.56 bits per heavy atom.